The zero-order valence-electron chi connectivity index (χ0n) is 16.3. The second kappa shape index (κ2) is 7.98. The van der Waals surface area contributed by atoms with E-state index < -0.39 is 25.7 Å². The zero-order valence-corrected chi connectivity index (χ0v) is 17.9. The van der Waals surface area contributed by atoms with Crippen LogP contribution in [0.15, 0.2) is 59.8 Å². The number of halogens is 1. The Balaban J connectivity index is 1.72. The second-order valence-electron chi connectivity index (χ2n) is 7.08. The van der Waals surface area contributed by atoms with Crippen molar-refractivity contribution in [3.63, 3.8) is 0 Å². The summed E-state index contributed by atoms with van der Waals surface area (Å²) in [7, 11) is -7.19. The molecule has 0 radical (unpaired) electrons. The van der Waals surface area contributed by atoms with Crippen molar-refractivity contribution in [1.29, 1.82) is 0 Å². The molecule has 1 aliphatic rings. The second-order valence-corrected chi connectivity index (χ2v) is 11.3. The fourth-order valence-corrected chi connectivity index (χ4v) is 6.49. The molecule has 0 aliphatic carbocycles. The number of sulfonamides is 1. The van der Waals surface area contributed by atoms with Crippen LogP contribution in [0.4, 0.5) is 10.3 Å². The molecule has 162 valence electrons. The van der Waals surface area contributed by atoms with Gasteiger partial charge in [-0.3, -0.25) is 0 Å². The molecule has 1 aliphatic heterocycles. The van der Waals surface area contributed by atoms with E-state index >= 15 is 0 Å². The average molecular weight is 463 g/mol. The van der Waals surface area contributed by atoms with Crippen LogP contribution in [0.2, 0.25) is 0 Å². The minimum absolute atomic E-state index is 0.00253. The smallest absolute Gasteiger partial charge is 0.243 e. The number of nitrogens with zero attached hydrogens (tertiary/aromatic N) is 3. The van der Waals surface area contributed by atoms with Crippen LogP contribution in [-0.4, -0.2) is 55.7 Å². The van der Waals surface area contributed by atoms with Crippen molar-refractivity contribution < 1.29 is 21.2 Å². The van der Waals surface area contributed by atoms with E-state index in [0.717, 1.165) is 4.31 Å². The van der Waals surface area contributed by atoms with Gasteiger partial charge in [0, 0.05) is 42.2 Å². The van der Waals surface area contributed by atoms with Gasteiger partial charge in [0.15, 0.2) is 9.84 Å². The van der Waals surface area contributed by atoms with Crippen LogP contribution in [0.25, 0.3) is 22.3 Å². The van der Waals surface area contributed by atoms with Gasteiger partial charge in [0.25, 0.3) is 0 Å². The Hall–Kier alpha value is -2.89. The van der Waals surface area contributed by atoms with Crippen molar-refractivity contribution in [1.82, 2.24) is 14.3 Å². The Morgan fingerprint density at radius 2 is 1.58 bits per heavy atom. The van der Waals surface area contributed by atoms with Gasteiger partial charge in [-0.1, -0.05) is 30.3 Å². The van der Waals surface area contributed by atoms with Crippen LogP contribution in [0.1, 0.15) is 0 Å². The third kappa shape index (κ3) is 4.29. The Labute approximate surface area is 179 Å². The molecule has 8 nitrogen and oxygen atoms in total. The Bertz CT molecular complexity index is 1330. The van der Waals surface area contributed by atoms with Crippen LogP contribution in [0.5, 0.6) is 0 Å². The van der Waals surface area contributed by atoms with Crippen molar-refractivity contribution >= 4 is 25.8 Å². The highest BCUT2D eigenvalue weighted by Gasteiger charge is 2.32. The first kappa shape index (κ1) is 21.3. The summed E-state index contributed by atoms with van der Waals surface area (Å²) >= 11 is 0. The molecule has 0 bridgehead atoms. The van der Waals surface area contributed by atoms with E-state index in [9.17, 15) is 21.2 Å². The Kier molecular flexibility index (Phi) is 5.50. The highest BCUT2D eigenvalue weighted by molar-refractivity contribution is 7.92. The van der Waals surface area contributed by atoms with Crippen LogP contribution >= 0.6 is 0 Å². The Morgan fingerprint density at radius 1 is 0.935 bits per heavy atom. The predicted molar refractivity (Wildman–Crippen MR) is 115 cm³/mol. The SMILES string of the molecule is Nc1ncc(-c2ccc(-c3ccccc3S(=O)(=O)N3CCS(=O)(=O)CC3)cc2F)cn1. The lowest BCUT2D eigenvalue weighted by atomic mass is 10.0. The summed E-state index contributed by atoms with van der Waals surface area (Å²) in [5, 5.41) is 0. The average Bonchev–Trinajstić information content (AvgIpc) is 2.74. The van der Waals surface area contributed by atoms with Crippen LogP contribution < -0.4 is 5.73 Å². The lowest BCUT2D eigenvalue weighted by Gasteiger charge is -2.27. The number of hydrogen-bond acceptors (Lipinski definition) is 7. The molecule has 1 saturated heterocycles. The molecule has 2 N–H and O–H groups in total. The summed E-state index contributed by atoms with van der Waals surface area (Å²) in [6.45, 7) is -0.215. The lowest BCUT2D eigenvalue weighted by Crippen LogP contribution is -2.43. The molecule has 0 spiro atoms. The molecule has 0 saturated carbocycles. The standard InChI is InChI=1S/C20H19FN4O4S2/c21-18-11-14(5-6-16(18)15-12-23-20(22)24-13-15)17-3-1-2-4-19(17)31(28,29)25-7-9-30(26,27)10-8-25/h1-6,11-13H,7-10H2,(H2,22,23,24). The molecule has 2 aromatic carbocycles. The topological polar surface area (TPSA) is 123 Å². The van der Waals surface area contributed by atoms with E-state index in [0.29, 0.717) is 16.7 Å². The van der Waals surface area contributed by atoms with E-state index in [1.54, 1.807) is 24.3 Å². The lowest BCUT2D eigenvalue weighted by molar-refractivity contribution is 0.431. The Morgan fingerprint density at radius 3 is 2.23 bits per heavy atom. The summed E-state index contributed by atoms with van der Waals surface area (Å²) in [6.07, 6.45) is 2.81. The first-order valence-electron chi connectivity index (χ1n) is 9.35. The summed E-state index contributed by atoms with van der Waals surface area (Å²) in [6, 6.07) is 10.7. The van der Waals surface area contributed by atoms with Gasteiger partial charge in [-0.25, -0.2) is 31.2 Å². The first-order valence-corrected chi connectivity index (χ1v) is 12.6. The molecule has 2 heterocycles. The molecule has 4 rings (SSSR count). The number of rotatable bonds is 4. The van der Waals surface area contributed by atoms with Crippen LogP contribution in [-0.2, 0) is 19.9 Å². The van der Waals surface area contributed by atoms with Crippen LogP contribution in [0, 0.1) is 5.82 Å². The van der Waals surface area contributed by atoms with E-state index in [4.69, 9.17) is 5.73 Å². The summed E-state index contributed by atoms with van der Waals surface area (Å²) in [4.78, 5) is 7.71. The molecular weight excluding hydrogens is 443 g/mol. The van der Waals surface area contributed by atoms with E-state index in [1.807, 2.05) is 0 Å². The highest BCUT2D eigenvalue weighted by Crippen LogP contribution is 2.33. The third-order valence-corrected chi connectivity index (χ3v) is 8.64. The van der Waals surface area contributed by atoms with Gasteiger partial charge >= 0.3 is 0 Å². The summed E-state index contributed by atoms with van der Waals surface area (Å²) < 4.78 is 65.8. The number of anilines is 1. The highest BCUT2D eigenvalue weighted by atomic mass is 32.2. The molecule has 11 heteroatoms. The van der Waals surface area contributed by atoms with Gasteiger partial charge in [-0.2, -0.15) is 4.31 Å². The van der Waals surface area contributed by atoms with Gasteiger partial charge in [0.05, 0.1) is 16.4 Å². The maximum Gasteiger partial charge on any atom is 0.243 e. The normalized spacial score (nSPS) is 16.8. The molecule has 31 heavy (non-hydrogen) atoms. The van der Waals surface area contributed by atoms with Crippen LogP contribution in [0.3, 0.4) is 0 Å². The van der Waals surface area contributed by atoms with Gasteiger partial charge in [-0.15, -0.1) is 0 Å². The maximum absolute atomic E-state index is 14.9. The molecule has 0 amide bonds. The minimum atomic E-state index is -3.96. The largest absolute Gasteiger partial charge is 0.368 e. The molecule has 3 aromatic rings. The van der Waals surface area contributed by atoms with E-state index in [2.05, 4.69) is 9.97 Å². The number of sulfone groups is 1. The van der Waals surface area contributed by atoms with Crippen molar-refractivity contribution in [2.75, 3.05) is 30.3 Å². The number of nitrogen functional groups attached to an aromatic ring is 1. The van der Waals surface area contributed by atoms with Gasteiger partial charge < -0.3 is 5.73 Å². The van der Waals surface area contributed by atoms with Crippen molar-refractivity contribution in [3.05, 3.63) is 60.7 Å². The first-order chi connectivity index (χ1) is 14.7. The fraction of sp³-hybridized carbons (Fsp3) is 0.200. The van der Waals surface area contributed by atoms with E-state index in [1.165, 1.54) is 30.6 Å². The monoisotopic (exact) mass is 462 g/mol. The number of nitrogens with two attached hydrogens (primary N) is 1. The van der Waals surface area contributed by atoms with Crippen molar-refractivity contribution in [3.8, 4) is 22.3 Å². The molecule has 0 unspecified atom stereocenters. The predicted octanol–water partition coefficient (Wildman–Crippen LogP) is 1.95. The fourth-order valence-electron chi connectivity index (χ4n) is 3.40. The number of aromatic nitrogens is 2. The van der Waals surface area contributed by atoms with Crippen molar-refractivity contribution in [2.24, 2.45) is 0 Å². The van der Waals surface area contributed by atoms with E-state index in [-0.39, 0.29) is 41.0 Å². The molecular formula is C20H19FN4O4S2. The number of benzene rings is 2. The zero-order chi connectivity index (χ0) is 22.2. The summed E-state index contributed by atoms with van der Waals surface area (Å²) in [5.41, 5.74) is 6.86. The van der Waals surface area contributed by atoms with Gasteiger partial charge in [-0.05, 0) is 17.7 Å². The van der Waals surface area contributed by atoms with Gasteiger partial charge in [0.2, 0.25) is 16.0 Å². The summed E-state index contributed by atoms with van der Waals surface area (Å²) in [5.74, 6) is -0.935. The molecule has 0 atom stereocenters. The molecule has 1 fully saturated rings. The maximum atomic E-state index is 14.9. The van der Waals surface area contributed by atoms with Crippen molar-refractivity contribution in [2.45, 2.75) is 4.90 Å². The molecule has 1 aromatic heterocycles. The van der Waals surface area contributed by atoms with Gasteiger partial charge in [0.1, 0.15) is 5.82 Å². The minimum Gasteiger partial charge on any atom is -0.368 e. The quantitative estimate of drug-likeness (QED) is 0.628. The third-order valence-electron chi connectivity index (χ3n) is 5.07. The number of hydrogen-bond donors (Lipinski definition) is 1.